The van der Waals surface area contributed by atoms with E-state index < -0.39 is 0 Å². The summed E-state index contributed by atoms with van der Waals surface area (Å²) in [7, 11) is 0. The highest BCUT2D eigenvalue weighted by Gasteiger charge is 2.19. The topological polar surface area (TPSA) is 69.1 Å². The molecule has 0 aliphatic heterocycles. The first kappa shape index (κ1) is 17.7. The van der Waals surface area contributed by atoms with Crippen LogP contribution in [0.4, 0.5) is 5.69 Å². The number of nitrogens with zero attached hydrogens (tertiary/aromatic N) is 4. The predicted molar refractivity (Wildman–Crippen MR) is 111 cm³/mol. The van der Waals surface area contributed by atoms with Crippen molar-refractivity contribution in [3.63, 3.8) is 0 Å². The number of benzene rings is 2. The van der Waals surface area contributed by atoms with Gasteiger partial charge in [0.1, 0.15) is 5.01 Å². The molecule has 4 aromatic rings. The molecule has 6 heteroatoms. The molecule has 2 aromatic heterocycles. The van der Waals surface area contributed by atoms with Gasteiger partial charge in [0.25, 0.3) is 0 Å². The van der Waals surface area contributed by atoms with E-state index in [0.717, 1.165) is 33.5 Å². The fraction of sp³-hybridized carbons (Fsp3) is 0.286. The van der Waals surface area contributed by atoms with Crippen molar-refractivity contribution >= 4 is 22.0 Å². The number of rotatable bonds is 5. The van der Waals surface area contributed by atoms with E-state index >= 15 is 0 Å². The largest absolute Gasteiger partial charge is 0.399 e. The first-order valence-corrected chi connectivity index (χ1v) is 10.00. The lowest BCUT2D eigenvalue weighted by Crippen LogP contribution is -2.04. The number of nitrogen functional groups attached to an aromatic ring is 1. The summed E-state index contributed by atoms with van der Waals surface area (Å²) >= 11 is 1.54. The minimum absolute atomic E-state index is 0.120. The molecule has 1 atom stereocenters. The van der Waals surface area contributed by atoms with Gasteiger partial charge in [0.15, 0.2) is 5.82 Å². The SMILES string of the molecule is CC(C)Cc1ccc(C(C)c2nnc3sc(-c4ccc(N)cc4)nn23)cc1. The van der Waals surface area contributed by atoms with Crippen LogP contribution < -0.4 is 5.73 Å². The van der Waals surface area contributed by atoms with Crippen molar-refractivity contribution in [1.29, 1.82) is 0 Å². The third-order valence-electron chi connectivity index (χ3n) is 4.68. The molecule has 0 spiro atoms. The van der Waals surface area contributed by atoms with E-state index in [1.807, 2.05) is 28.8 Å². The highest BCUT2D eigenvalue weighted by Crippen LogP contribution is 2.29. The van der Waals surface area contributed by atoms with Crippen LogP contribution in [-0.2, 0) is 6.42 Å². The molecule has 1 unspecified atom stereocenters. The lowest BCUT2D eigenvalue weighted by atomic mass is 9.96. The Bertz CT molecular complexity index is 1040. The summed E-state index contributed by atoms with van der Waals surface area (Å²) in [5, 5.41) is 14.4. The van der Waals surface area contributed by atoms with Gasteiger partial charge in [0.2, 0.25) is 4.96 Å². The van der Waals surface area contributed by atoms with E-state index in [-0.39, 0.29) is 5.92 Å². The first-order chi connectivity index (χ1) is 13.0. The second-order valence-electron chi connectivity index (χ2n) is 7.34. The maximum Gasteiger partial charge on any atom is 0.235 e. The van der Waals surface area contributed by atoms with Crippen molar-refractivity contribution < 1.29 is 0 Å². The molecule has 0 saturated carbocycles. The molecule has 5 nitrogen and oxygen atoms in total. The monoisotopic (exact) mass is 377 g/mol. The molecule has 0 fully saturated rings. The van der Waals surface area contributed by atoms with E-state index in [2.05, 4.69) is 55.2 Å². The van der Waals surface area contributed by atoms with Crippen molar-refractivity contribution in [1.82, 2.24) is 19.8 Å². The van der Waals surface area contributed by atoms with Crippen molar-refractivity contribution in [2.75, 3.05) is 5.73 Å². The summed E-state index contributed by atoms with van der Waals surface area (Å²) in [6.07, 6.45) is 1.10. The number of hydrogen-bond donors (Lipinski definition) is 1. The zero-order valence-electron chi connectivity index (χ0n) is 15.8. The molecule has 2 aromatic carbocycles. The van der Waals surface area contributed by atoms with Crippen LogP contribution >= 0.6 is 11.3 Å². The fourth-order valence-corrected chi connectivity index (χ4v) is 4.06. The van der Waals surface area contributed by atoms with E-state index in [9.17, 15) is 0 Å². The van der Waals surface area contributed by atoms with Crippen molar-refractivity contribution in [3.05, 3.63) is 65.5 Å². The molecular weight excluding hydrogens is 354 g/mol. The second-order valence-corrected chi connectivity index (χ2v) is 8.30. The average molecular weight is 378 g/mol. The van der Waals surface area contributed by atoms with Crippen LogP contribution in [0.15, 0.2) is 48.5 Å². The van der Waals surface area contributed by atoms with Gasteiger partial charge in [-0.15, -0.1) is 10.2 Å². The Morgan fingerprint density at radius 1 is 0.963 bits per heavy atom. The highest BCUT2D eigenvalue weighted by atomic mass is 32.1. The molecule has 138 valence electrons. The first-order valence-electron chi connectivity index (χ1n) is 9.18. The van der Waals surface area contributed by atoms with Gasteiger partial charge in [-0.1, -0.05) is 56.4 Å². The van der Waals surface area contributed by atoms with Crippen LogP contribution in [0.3, 0.4) is 0 Å². The molecule has 27 heavy (non-hydrogen) atoms. The predicted octanol–water partition coefficient (Wildman–Crippen LogP) is 4.79. The zero-order valence-corrected chi connectivity index (χ0v) is 16.6. The second kappa shape index (κ2) is 7.12. The molecule has 0 aliphatic rings. The summed E-state index contributed by atoms with van der Waals surface area (Å²) in [5.74, 6) is 1.64. The van der Waals surface area contributed by atoms with E-state index in [4.69, 9.17) is 10.8 Å². The lowest BCUT2D eigenvalue weighted by molar-refractivity contribution is 0.647. The summed E-state index contributed by atoms with van der Waals surface area (Å²) in [4.78, 5) is 0.806. The Morgan fingerprint density at radius 2 is 1.67 bits per heavy atom. The van der Waals surface area contributed by atoms with Gasteiger partial charge < -0.3 is 5.73 Å². The number of hydrogen-bond acceptors (Lipinski definition) is 5. The molecule has 0 amide bonds. The van der Waals surface area contributed by atoms with Crippen LogP contribution in [0.25, 0.3) is 15.5 Å². The molecule has 4 rings (SSSR count). The number of nitrogens with two attached hydrogens (primary N) is 1. The van der Waals surface area contributed by atoms with E-state index in [0.29, 0.717) is 5.92 Å². The number of fused-ring (bicyclic) bond motifs is 1. The Morgan fingerprint density at radius 3 is 2.33 bits per heavy atom. The van der Waals surface area contributed by atoms with Gasteiger partial charge >= 0.3 is 0 Å². The fourth-order valence-electron chi connectivity index (χ4n) is 3.21. The van der Waals surface area contributed by atoms with Gasteiger partial charge in [-0.2, -0.15) is 9.61 Å². The average Bonchev–Trinajstić information content (AvgIpc) is 3.22. The third kappa shape index (κ3) is 3.57. The summed E-state index contributed by atoms with van der Waals surface area (Å²) in [6.45, 7) is 6.63. The van der Waals surface area contributed by atoms with Gasteiger partial charge in [-0.05, 0) is 47.7 Å². The maximum atomic E-state index is 5.78. The van der Waals surface area contributed by atoms with Crippen LogP contribution in [-0.4, -0.2) is 19.8 Å². The van der Waals surface area contributed by atoms with Gasteiger partial charge in [0.05, 0.1) is 0 Å². The summed E-state index contributed by atoms with van der Waals surface area (Å²) in [6, 6.07) is 16.6. The standard InChI is InChI=1S/C21H23N5S/c1-13(2)12-15-4-6-16(7-5-15)14(3)19-23-24-21-26(19)25-20(27-21)17-8-10-18(22)11-9-17/h4-11,13-14H,12,22H2,1-3H3. The zero-order chi connectivity index (χ0) is 19.0. The van der Waals surface area contributed by atoms with Crippen LogP contribution in [0.1, 0.15) is 43.6 Å². The maximum absolute atomic E-state index is 5.78. The quantitative estimate of drug-likeness (QED) is 0.508. The van der Waals surface area contributed by atoms with Gasteiger partial charge in [-0.25, -0.2) is 0 Å². The molecule has 0 saturated heterocycles. The minimum Gasteiger partial charge on any atom is -0.399 e. The van der Waals surface area contributed by atoms with Crippen molar-refractivity contribution in [2.45, 2.75) is 33.1 Å². The Kier molecular flexibility index (Phi) is 4.66. The summed E-state index contributed by atoms with van der Waals surface area (Å²) < 4.78 is 1.86. The normalized spacial score (nSPS) is 12.7. The lowest BCUT2D eigenvalue weighted by Gasteiger charge is -2.11. The molecule has 0 bridgehead atoms. The Balaban J connectivity index is 1.64. The van der Waals surface area contributed by atoms with E-state index in [1.165, 1.54) is 22.5 Å². The van der Waals surface area contributed by atoms with Crippen LogP contribution in [0, 0.1) is 5.92 Å². The Labute approximate surface area is 162 Å². The van der Waals surface area contributed by atoms with E-state index in [1.54, 1.807) is 0 Å². The highest BCUT2D eigenvalue weighted by molar-refractivity contribution is 7.19. The molecule has 0 radical (unpaired) electrons. The van der Waals surface area contributed by atoms with Crippen LogP contribution in [0.2, 0.25) is 0 Å². The van der Waals surface area contributed by atoms with Gasteiger partial charge in [0, 0.05) is 17.2 Å². The van der Waals surface area contributed by atoms with Gasteiger partial charge in [-0.3, -0.25) is 0 Å². The molecular formula is C21H23N5S. The number of aromatic nitrogens is 4. The van der Waals surface area contributed by atoms with Crippen molar-refractivity contribution in [3.8, 4) is 10.6 Å². The molecule has 0 aliphatic carbocycles. The summed E-state index contributed by atoms with van der Waals surface area (Å²) in [5.41, 5.74) is 10.2. The smallest absolute Gasteiger partial charge is 0.235 e. The number of anilines is 1. The third-order valence-corrected chi connectivity index (χ3v) is 5.63. The van der Waals surface area contributed by atoms with Crippen molar-refractivity contribution in [2.24, 2.45) is 5.92 Å². The van der Waals surface area contributed by atoms with Crippen LogP contribution in [0.5, 0.6) is 0 Å². The molecule has 2 N–H and O–H groups in total. The minimum atomic E-state index is 0.120. The molecule has 2 heterocycles. The Hall–Kier alpha value is -2.73.